The molecule has 0 fully saturated rings. The molecule has 0 aliphatic carbocycles. The van der Waals surface area contributed by atoms with Crippen molar-refractivity contribution in [3.63, 3.8) is 0 Å². The van der Waals surface area contributed by atoms with Gasteiger partial charge in [-0.25, -0.2) is 0 Å². The van der Waals surface area contributed by atoms with Gasteiger partial charge in [-0.1, -0.05) is 0 Å². The Morgan fingerprint density at radius 1 is 1.59 bits per heavy atom. The van der Waals surface area contributed by atoms with E-state index in [2.05, 4.69) is 11.1 Å². The van der Waals surface area contributed by atoms with Crippen LogP contribution in [0.5, 0.6) is 0 Å². The highest BCUT2D eigenvalue weighted by Crippen LogP contribution is 2.20. The number of imidazole rings is 1. The number of aromatic nitrogens is 2. The second kappa shape index (κ2) is 4.70. The third kappa shape index (κ3) is 2.09. The number of fused-ring (bicyclic) bond motifs is 1. The first-order chi connectivity index (χ1) is 8.17. The molecule has 88 valence electrons. The second-order valence-corrected chi connectivity index (χ2v) is 4.33. The molecule has 5 heteroatoms. The summed E-state index contributed by atoms with van der Waals surface area (Å²) >= 11 is 5.29. The largest absolute Gasteiger partial charge is 0.383 e. The molecular weight excluding hydrogens is 234 g/mol. The number of benzene rings is 1. The van der Waals surface area contributed by atoms with Crippen LogP contribution < -0.4 is 0 Å². The molecule has 0 saturated carbocycles. The van der Waals surface area contributed by atoms with Crippen LogP contribution in [0.4, 0.5) is 0 Å². The Bertz CT molecular complexity index is 635. The summed E-state index contributed by atoms with van der Waals surface area (Å²) in [6.45, 7) is 2.61. The molecule has 2 rings (SSSR count). The summed E-state index contributed by atoms with van der Waals surface area (Å²) in [5, 5.41) is 8.92. The Hall–Kier alpha value is -1.64. The van der Waals surface area contributed by atoms with Crippen molar-refractivity contribution in [2.75, 3.05) is 13.7 Å². The second-order valence-electron chi connectivity index (χ2n) is 3.95. The van der Waals surface area contributed by atoms with Crippen LogP contribution in [-0.2, 0) is 4.74 Å². The van der Waals surface area contributed by atoms with Crippen molar-refractivity contribution in [3.05, 3.63) is 28.5 Å². The number of methoxy groups -OCH3 is 1. The molecule has 0 spiro atoms. The van der Waals surface area contributed by atoms with Gasteiger partial charge in [-0.05, 0) is 37.3 Å². The zero-order valence-corrected chi connectivity index (χ0v) is 10.5. The molecule has 4 nitrogen and oxygen atoms in total. The SMILES string of the molecule is COCC(C)n1c(=S)[nH]c2ccc(C#N)cc21. The molecule has 0 aliphatic heterocycles. The van der Waals surface area contributed by atoms with E-state index in [-0.39, 0.29) is 6.04 Å². The van der Waals surface area contributed by atoms with Crippen LogP contribution >= 0.6 is 12.2 Å². The van der Waals surface area contributed by atoms with Gasteiger partial charge in [0.05, 0.1) is 35.3 Å². The summed E-state index contributed by atoms with van der Waals surface area (Å²) in [4.78, 5) is 3.13. The molecule has 2 aromatic rings. The molecule has 0 saturated heterocycles. The van der Waals surface area contributed by atoms with E-state index in [0.717, 1.165) is 11.0 Å². The number of ether oxygens (including phenoxy) is 1. The van der Waals surface area contributed by atoms with E-state index in [1.807, 2.05) is 23.6 Å². The van der Waals surface area contributed by atoms with Gasteiger partial charge in [0.15, 0.2) is 4.77 Å². The van der Waals surface area contributed by atoms with Crippen molar-refractivity contribution < 1.29 is 4.74 Å². The lowest BCUT2D eigenvalue weighted by Gasteiger charge is -2.13. The van der Waals surface area contributed by atoms with E-state index in [1.54, 1.807) is 13.2 Å². The first-order valence-corrected chi connectivity index (χ1v) is 5.71. The van der Waals surface area contributed by atoms with E-state index < -0.39 is 0 Å². The van der Waals surface area contributed by atoms with E-state index >= 15 is 0 Å². The number of nitrogens with zero attached hydrogens (tertiary/aromatic N) is 2. The fraction of sp³-hybridized carbons (Fsp3) is 0.333. The van der Waals surface area contributed by atoms with Crippen molar-refractivity contribution in [2.45, 2.75) is 13.0 Å². The van der Waals surface area contributed by atoms with E-state index in [9.17, 15) is 0 Å². The number of aromatic amines is 1. The predicted molar refractivity (Wildman–Crippen MR) is 68.4 cm³/mol. The summed E-state index contributed by atoms with van der Waals surface area (Å²) in [6, 6.07) is 7.76. The third-order valence-corrected chi connectivity index (χ3v) is 2.99. The Morgan fingerprint density at radius 3 is 3.00 bits per heavy atom. The zero-order chi connectivity index (χ0) is 12.4. The van der Waals surface area contributed by atoms with Gasteiger partial charge in [-0.15, -0.1) is 0 Å². The number of rotatable bonds is 3. The van der Waals surface area contributed by atoms with Crippen LogP contribution in [0.3, 0.4) is 0 Å². The highest BCUT2D eigenvalue weighted by Gasteiger charge is 2.11. The van der Waals surface area contributed by atoms with Crippen molar-refractivity contribution in [2.24, 2.45) is 0 Å². The maximum Gasteiger partial charge on any atom is 0.178 e. The fourth-order valence-corrected chi connectivity index (χ4v) is 2.33. The topological polar surface area (TPSA) is 53.7 Å². The lowest BCUT2D eigenvalue weighted by atomic mass is 10.2. The molecule has 1 aromatic carbocycles. The highest BCUT2D eigenvalue weighted by atomic mass is 32.1. The maximum atomic E-state index is 8.92. The van der Waals surface area contributed by atoms with E-state index in [0.29, 0.717) is 16.9 Å². The number of H-pyrrole nitrogens is 1. The minimum atomic E-state index is 0.134. The van der Waals surface area contributed by atoms with E-state index in [1.165, 1.54) is 0 Å². The number of nitriles is 1. The van der Waals surface area contributed by atoms with Gasteiger partial charge in [0.2, 0.25) is 0 Å². The molecule has 17 heavy (non-hydrogen) atoms. The molecule has 0 aliphatic rings. The van der Waals surface area contributed by atoms with Crippen LogP contribution in [0.2, 0.25) is 0 Å². The number of hydrogen-bond donors (Lipinski definition) is 1. The molecule has 1 N–H and O–H groups in total. The quantitative estimate of drug-likeness (QED) is 0.848. The summed E-state index contributed by atoms with van der Waals surface area (Å²) in [5.41, 5.74) is 2.51. The molecule has 1 unspecified atom stereocenters. The van der Waals surface area contributed by atoms with Gasteiger partial charge in [0, 0.05) is 7.11 Å². The maximum absolute atomic E-state index is 8.92. The summed E-state index contributed by atoms with van der Waals surface area (Å²) in [7, 11) is 1.66. The normalized spacial score (nSPS) is 12.5. The van der Waals surface area contributed by atoms with Gasteiger partial charge in [-0.2, -0.15) is 5.26 Å². The van der Waals surface area contributed by atoms with Gasteiger partial charge in [0.1, 0.15) is 0 Å². The van der Waals surface area contributed by atoms with Crippen LogP contribution in [0.15, 0.2) is 18.2 Å². The molecular formula is C12H13N3OS. The van der Waals surface area contributed by atoms with Crippen molar-refractivity contribution in [3.8, 4) is 6.07 Å². The first kappa shape index (κ1) is 11.8. The molecule has 0 bridgehead atoms. The minimum Gasteiger partial charge on any atom is -0.383 e. The van der Waals surface area contributed by atoms with Crippen molar-refractivity contribution in [1.29, 1.82) is 5.26 Å². The summed E-state index contributed by atoms with van der Waals surface area (Å²) in [5.74, 6) is 0. The lowest BCUT2D eigenvalue weighted by molar-refractivity contribution is 0.163. The Morgan fingerprint density at radius 2 is 2.35 bits per heavy atom. The Kier molecular flexibility index (Phi) is 3.27. The highest BCUT2D eigenvalue weighted by molar-refractivity contribution is 7.71. The molecule has 0 radical (unpaired) electrons. The predicted octanol–water partition coefficient (Wildman–Crippen LogP) is 2.78. The molecule has 1 atom stereocenters. The summed E-state index contributed by atoms with van der Waals surface area (Å²) in [6.07, 6.45) is 0. The Labute approximate surface area is 104 Å². The average molecular weight is 247 g/mol. The van der Waals surface area contributed by atoms with Gasteiger partial charge >= 0.3 is 0 Å². The average Bonchev–Trinajstić information content (AvgIpc) is 2.64. The van der Waals surface area contributed by atoms with Crippen LogP contribution in [0.25, 0.3) is 11.0 Å². The van der Waals surface area contributed by atoms with Gasteiger partial charge in [0.25, 0.3) is 0 Å². The smallest absolute Gasteiger partial charge is 0.178 e. The van der Waals surface area contributed by atoms with Crippen molar-refractivity contribution in [1.82, 2.24) is 9.55 Å². The Balaban J connectivity index is 2.65. The lowest BCUT2D eigenvalue weighted by Crippen LogP contribution is -2.10. The summed E-state index contributed by atoms with van der Waals surface area (Å²) < 4.78 is 7.78. The number of nitrogens with one attached hydrogen (secondary N) is 1. The van der Waals surface area contributed by atoms with Crippen LogP contribution in [-0.4, -0.2) is 23.3 Å². The standard InChI is InChI=1S/C12H13N3OS/c1-8(7-16-2)15-11-5-9(6-13)3-4-10(11)14-12(15)17/h3-5,8H,7H2,1-2H3,(H,14,17). The minimum absolute atomic E-state index is 0.134. The third-order valence-electron chi connectivity index (χ3n) is 2.70. The number of hydrogen-bond acceptors (Lipinski definition) is 3. The molecule has 1 aromatic heterocycles. The zero-order valence-electron chi connectivity index (χ0n) is 9.73. The van der Waals surface area contributed by atoms with Gasteiger partial charge in [-0.3, -0.25) is 0 Å². The fourth-order valence-electron chi connectivity index (χ4n) is 1.94. The van der Waals surface area contributed by atoms with Crippen LogP contribution in [0.1, 0.15) is 18.5 Å². The monoisotopic (exact) mass is 247 g/mol. The van der Waals surface area contributed by atoms with E-state index in [4.69, 9.17) is 22.2 Å². The van der Waals surface area contributed by atoms with Gasteiger partial charge < -0.3 is 14.3 Å². The van der Waals surface area contributed by atoms with Crippen LogP contribution in [0, 0.1) is 16.1 Å². The molecule has 0 amide bonds. The first-order valence-electron chi connectivity index (χ1n) is 5.30. The van der Waals surface area contributed by atoms with Crippen molar-refractivity contribution >= 4 is 23.3 Å². The molecule has 1 heterocycles.